The molecule has 78 valence electrons. The van der Waals surface area contributed by atoms with Crippen molar-refractivity contribution in [2.75, 3.05) is 0 Å². The lowest BCUT2D eigenvalue weighted by atomic mass is 10.1. The van der Waals surface area contributed by atoms with Gasteiger partial charge in [0.15, 0.2) is 11.4 Å². The summed E-state index contributed by atoms with van der Waals surface area (Å²) in [5, 5.41) is 36.7. The van der Waals surface area contributed by atoms with Crippen LogP contribution in [0, 0.1) is 17.3 Å². The highest BCUT2D eigenvalue weighted by Gasteiger charge is 2.17. The standard InChI is InChI=1S/C7H11N3O4/c1-4-6(9(11)12)2-5(8)3-7(4)10(13)14/h2-3,9-11,13H,8H2,1H3/p+1. The summed E-state index contributed by atoms with van der Waals surface area (Å²) in [6.45, 7) is 1.46. The zero-order valence-electron chi connectivity index (χ0n) is 7.57. The van der Waals surface area contributed by atoms with Crippen LogP contribution in [0.1, 0.15) is 5.56 Å². The average Bonchev–Trinajstić information content (AvgIpc) is 2.07. The summed E-state index contributed by atoms with van der Waals surface area (Å²) in [5.74, 6) is 0. The number of quaternary nitrogens is 3. The monoisotopic (exact) mass is 202 g/mol. The molecule has 7 nitrogen and oxygen atoms in total. The molecule has 0 aliphatic heterocycles. The first kappa shape index (κ1) is 11.0. The minimum Gasteiger partial charge on any atom is -0.595 e. The van der Waals surface area contributed by atoms with Crippen LogP contribution in [0.25, 0.3) is 0 Å². The van der Waals surface area contributed by atoms with Crippen LogP contribution in [-0.2, 0) is 0 Å². The van der Waals surface area contributed by atoms with Crippen LogP contribution in [0.2, 0.25) is 0 Å². The molecule has 0 heterocycles. The largest absolute Gasteiger partial charge is 0.595 e. The SMILES string of the molecule is Cc1c([NH+]([O-])O)cc([NH3+])cc1[NH+]([O-])O. The summed E-state index contributed by atoms with van der Waals surface area (Å²) in [7, 11) is 0. The maximum absolute atomic E-state index is 10.7. The molecule has 0 aliphatic rings. The Hall–Kier alpha value is -1.06. The van der Waals surface area contributed by atoms with E-state index in [1.54, 1.807) is 0 Å². The lowest BCUT2D eigenvalue weighted by molar-refractivity contribution is -0.996. The van der Waals surface area contributed by atoms with E-state index in [2.05, 4.69) is 5.73 Å². The number of hydrogen-bond acceptors (Lipinski definition) is 4. The van der Waals surface area contributed by atoms with E-state index < -0.39 is 10.5 Å². The van der Waals surface area contributed by atoms with E-state index in [0.29, 0.717) is 5.69 Å². The molecule has 0 aromatic heterocycles. The van der Waals surface area contributed by atoms with Crippen molar-refractivity contribution in [1.82, 2.24) is 0 Å². The lowest BCUT2D eigenvalue weighted by Crippen LogP contribution is -3.01. The van der Waals surface area contributed by atoms with Crippen molar-refractivity contribution in [3.63, 3.8) is 0 Å². The predicted molar refractivity (Wildman–Crippen MR) is 45.3 cm³/mol. The van der Waals surface area contributed by atoms with E-state index in [-0.39, 0.29) is 16.9 Å². The molecule has 1 aromatic carbocycles. The van der Waals surface area contributed by atoms with E-state index in [1.807, 2.05) is 0 Å². The zero-order chi connectivity index (χ0) is 10.9. The first-order chi connectivity index (χ1) is 6.43. The maximum Gasteiger partial charge on any atom is 0.178 e. The van der Waals surface area contributed by atoms with Gasteiger partial charge in [0.1, 0.15) is 5.69 Å². The van der Waals surface area contributed by atoms with Crippen LogP contribution >= 0.6 is 0 Å². The molecule has 7 heteroatoms. The highest BCUT2D eigenvalue weighted by atomic mass is 16.8. The van der Waals surface area contributed by atoms with Gasteiger partial charge in [-0.05, 0) is 6.92 Å². The molecule has 0 saturated carbocycles. The number of hydrogen-bond donors (Lipinski definition) is 5. The Balaban J connectivity index is 3.32. The predicted octanol–water partition coefficient (Wildman–Crippen LogP) is -2.32. The van der Waals surface area contributed by atoms with Gasteiger partial charge in [-0.3, -0.25) is 0 Å². The van der Waals surface area contributed by atoms with Gasteiger partial charge in [0.25, 0.3) is 0 Å². The van der Waals surface area contributed by atoms with Crippen molar-refractivity contribution in [2.45, 2.75) is 6.92 Å². The molecule has 0 spiro atoms. The second kappa shape index (κ2) is 3.98. The fourth-order valence-electron chi connectivity index (χ4n) is 1.22. The topological polar surface area (TPSA) is 123 Å². The Morgan fingerprint density at radius 1 is 1.14 bits per heavy atom. The Kier molecular flexibility index (Phi) is 3.13. The highest BCUT2D eigenvalue weighted by Crippen LogP contribution is 2.20. The third kappa shape index (κ3) is 2.05. The molecule has 0 amide bonds. The van der Waals surface area contributed by atoms with Crippen LogP contribution in [0.3, 0.4) is 0 Å². The molecule has 0 radical (unpaired) electrons. The quantitative estimate of drug-likeness (QED) is 0.345. The van der Waals surface area contributed by atoms with Crippen molar-refractivity contribution in [3.8, 4) is 0 Å². The summed E-state index contributed by atoms with van der Waals surface area (Å²) in [4.78, 5) is 0. The van der Waals surface area contributed by atoms with Gasteiger partial charge < -0.3 is 16.1 Å². The van der Waals surface area contributed by atoms with E-state index in [1.165, 1.54) is 19.1 Å². The molecular formula is C7H12N3O4+. The van der Waals surface area contributed by atoms with E-state index in [9.17, 15) is 10.4 Å². The van der Waals surface area contributed by atoms with E-state index in [4.69, 9.17) is 10.4 Å². The Morgan fingerprint density at radius 3 is 1.79 bits per heavy atom. The average molecular weight is 202 g/mol. The summed E-state index contributed by atoms with van der Waals surface area (Å²) in [5.41, 5.74) is 4.11. The third-order valence-electron chi connectivity index (χ3n) is 1.93. The Morgan fingerprint density at radius 2 is 1.50 bits per heavy atom. The molecule has 0 saturated heterocycles. The molecule has 0 aliphatic carbocycles. The fourth-order valence-corrected chi connectivity index (χ4v) is 1.22. The van der Waals surface area contributed by atoms with Crippen LogP contribution < -0.4 is 16.2 Å². The molecule has 2 unspecified atom stereocenters. The van der Waals surface area contributed by atoms with Crippen molar-refractivity contribution in [2.24, 2.45) is 0 Å². The van der Waals surface area contributed by atoms with Gasteiger partial charge in [-0.1, -0.05) is 0 Å². The normalized spacial score (nSPS) is 15.3. The van der Waals surface area contributed by atoms with Crippen molar-refractivity contribution >= 4 is 17.1 Å². The van der Waals surface area contributed by atoms with Gasteiger partial charge in [0, 0.05) is 0 Å². The van der Waals surface area contributed by atoms with E-state index in [0.717, 1.165) is 0 Å². The van der Waals surface area contributed by atoms with Gasteiger partial charge in [0.2, 0.25) is 0 Å². The van der Waals surface area contributed by atoms with Gasteiger partial charge in [-0.25, -0.2) is 10.4 Å². The van der Waals surface area contributed by atoms with Crippen molar-refractivity contribution in [3.05, 3.63) is 28.1 Å². The number of benzene rings is 1. The second-order valence-corrected chi connectivity index (χ2v) is 2.93. The Bertz CT molecular complexity index is 311. The molecule has 7 N–H and O–H groups in total. The molecule has 0 fully saturated rings. The second-order valence-electron chi connectivity index (χ2n) is 2.93. The van der Waals surface area contributed by atoms with E-state index >= 15 is 0 Å². The molecule has 2 atom stereocenters. The van der Waals surface area contributed by atoms with Gasteiger partial charge in [-0.2, -0.15) is 10.5 Å². The molecular weight excluding hydrogens is 190 g/mol. The molecule has 14 heavy (non-hydrogen) atoms. The smallest absolute Gasteiger partial charge is 0.178 e. The van der Waals surface area contributed by atoms with Crippen LogP contribution in [0.15, 0.2) is 12.1 Å². The minimum atomic E-state index is -1.14. The first-order valence-electron chi connectivity index (χ1n) is 3.86. The van der Waals surface area contributed by atoms with Crippen LogP contribution in [0.5, 0.6) is 0 Å². The summed E-state index contributed by atoms with van der Waals surface area (Å²) in [6.07, 6.45) is 0. The molecule has 1 aromatic rings. The minimum absolute atomic E-state index is 0.0186. The van der Waals surface area contributed by atoms with Crippen LogP contribution in [0.4, 0.5) is 17.1 Å². The number of rotatable bonds is 2. The first-order valence-corrected chi connectivity index (χ1v) is 3.86. The van der Waals surface area contributed by atoms with Gasteiger partial charge >= 0.3 is 0 Å². The van der Waals surface area contributed by atoms with Crippen molar-refractivity contribution in [1.29, 1.82) is 0 Å². The van der Waals surface area contributed by atoms with Crippen LogP contribution in [-0.4, -0.2) is 10.4 Å². The van der Waals surface area contributed by atoms with Crippen molar-refractivity contribution < 1.29 is 26.6 Å². The fraction of sp³-hybridized carbons (Fsp3) is 0.143. The maximum atomic E-state index is 10.7. The molecule has 1 rings (SSSR count). The third-order valence-corrected chi connectivity index (χ3v) is 1.93. The summed E-state index contributed by atoms with van der Waals surface area (Å²) in [6, 6.07) is 2.70. The lowest BCUT2D eigenvalue weighted by Gasteiger charge is -2.18. The summed E-state index contributed by atoms with van der Waals surface area (Å²) < 4.78 is 0. The summed E-state index contributed by atoms with van der Waals surface area (Å²) >= 11 is 0. The number of nitrogens with one attached hydrogen (secondary N) is 2. The van der Waals surface area contributed by atoms with Gasteiger partial charge in [0.05, 0.1) is 17.7 Å². The highest BCUT2D eigenvalue weighted by molar-refractivity contribution is 5.58. The zero-order valence-corrected chi connectivity index (χ0v) is 7.57. The molecule has 0 bridgehead atoms. The Labute approximate surface area is 79.6 Å². The van der Waals surface area contributed by atoms with Gasteiger partial charge in [-0.15, -0.1) is 0 Å².